The Hall–Kier alpha value is -0.560. The van der Waals surface area contributed by atoms with E-state index in [-0.39, 0.29) is 0 Å². The van der Waals surface area contributed by atoms with Gasteiger partial charge in [-0.25, -0.2) is 0 Å². The molecule has 0 rings (SSSR count). The van der Waals surface area contributed by atoms with Gasteiger partial charge in [-0.2, -0.15) is 0 Å². The lowest BCUT2D eigenvalue weighted by Gasteiger charge is -1.99. The summed E-state index contributed by atoms with van der Waals surface area (Å²) in [4.78, 5) is 0. The van der Waals surface area contributed by atoms with Crippen LogP contribution in [0, 0.1) is 0 Å². The van der Waals surface area contributed by atoms with E-state index < -0.39 is 0 Å². The largest absolute Gasteiger partial charge is 0.330 e. The summed E-state index contributed by atoms with van der Waals surface area (Å²) in [6, 6.07) is 0. The Morgan fingerprint density at radius 2 is 1.17 bits per heavy atom. The molecule has 0 amide bonds. The zero-order valence-corrected chi connectivity index (χ0v) is 12.6. The molecule has 0 aliphatic rings. The van der Waals surface area contributed by atoms with Crippen LogP contribution in [-0.2, 0) is 0 Å². The van der Waals surface area contributed by atoms with Crippen LogP contribution in [0.2, 0.25) is 0 Å². The Bertz CT molecular complexity index is 136. The fraction of sp³-hybridized carbons (Fsp3) is 0.765. The van der Waals surface area contributed by atoms with Crippen LogP contribution in [0.3, 0.4) is 0 Å². The van der Waals surface area contributed by atoms with Gasteiger partial charge in [0.25, 0.3) is 0 Å². The van der Waals surface area contributed by atoms with E-state index in [0.717, 1.165) is 19.4 Å². The summed E-state index contributed by atoms with van der Waals surface area (Å²) >= 11 is 0. The maximum atomic E-state index is 5.39. The fourth-order valence-corrected chi connectivity index (χ4v) is 1.68. The monoisotopic (exact) mass is 253 g/mol. The van der Waals surface area contributed by atoms with E-state index in [1.54, 1.807) is 0 Å². The van der Waals surface area contributed by atoms with Crippen molar-refractivity contribution in [1.82, 2.24) is 0 Å². The van der Waals surface area contributed by atoms with Gasteiger partial charge in [0, 0.05) is 0 Å². The van der Waals surface area contributed by atoms with Gasteiger partial charge < -0.3 is 5.73 Å². The summed E-state index contributed by atoms with van der Waals surface area (Å²) < 4.78 is 0. The molecule has 0 radical (unpaired) electrons. The zero-order valence-electron chi connectivity index (χ0n) is 12.6. The quantitative estimate of drug-likeness (QED) is 0.355. The highest BCUT2D eigenvalue weighted by Crippen LogP contribution is 2.07. The Balaban J connectivity index is 0. The van der Waals surface area contributed by atoms with Gasteiger partial charge in [-0.15, -0.1) is 13.2 Å². The van der Waals surface area contributed by atoms with Gasteiger partial charge in [0.1, 0.15) is 0 Å². The lowest BCUT2D eigenvalue weighted by molar-refractivity contribution is 0.578. The molecule has 2 N–H and O–H groups in total. The van der Waals surface area contributed by atoms with E-state index in [1.165, 1.54) is 57.8 Å². The standard InChI is InChI=1S/C10H23N.C7H12/c1-2-3-4-5-6-7-8-9-10-11;1-3-5-7-6-4-2/h2-11H2,1H3;3-4H,1-2,5-7H2. The van der Waals surface area contributed by atoms with Crippen LogP contribution < -0.4 is 5.73 Å². The molecule has 1 heteroatoms. The van der Waals surface area contributed by atoms with Gasteiger partial charge in [-0.3, -0.25) is 0 Å². The van der Waals surface area contributed by atoms with Gasteiger partial charge in [-0.05, 0) is 32.2 Å². The summed E-state index contributed by atoms with van der Waals surface area (Å²) in [5.41, 5.74) is 5.39. The van der Waals surface area contributed by atoms with Crippen molar-refractivity contribution in [2.45, 2.75) is 77.6 Å². The molecule has 0 spiro atoms. The Kier molecular flexibility index (Phi) is 23.8. The molecule has 0 aromatic rings. The molecule has 0 bridgehead atoms. The lowest BCUT2D eigenvalue weighted by Crippen LogP contribution is -1.97. The van der Waals surface area contributed by atoms with Crippen molar-refractivity contribution in [3.8, 4) is 0 Å². The van der Waals surface area contributed by atoms with Crippen molar-refractivity contribution in [2.24, 2.45) is 5.73 Å². The summed E-state index contributed by atoms with van der Waals surface area (Å²) in [6.45, 7) is 10.3. The Morgan fingerprint density at radius 3 is 1.56 bits per heavy atom. The molecule has 0 aromatic heterocycles. The van der Waals surface area contributed by atoms with Crippen molar-refractivity contribution < 1.29 is 0 Å². The van der Waals surface area contributed by atoms with Crippen molar-refractivity contribution in [3.05, 3.63) is 25.3 Å². The highest BCUT2D eigenvalue weighted by molar-refractivity contribution is 4.71. The average Bonchev–Trinajstić information content (AvgIpc) is 2.39. The maximum Gasteiger partial charge on any atom is -0.00773 e. The molecule has 0 fully saturated rings. The van der Waals surface area contributed by atoms with Crippen LogP contribution in [0.5, 0.6) is 0 Å². The SMILES string of the molecule is C=CCCCC=C.CCCCCCCCCCN. The van der Waals surface area contributed by atoms with Gasteiger partial charge >= 0.3 is 0 Å². The highest BCUT2D eigenvalue weighted by Gasteiger charge is 1.89. The third-order valence-corrected chi connectivity index (χ3v) is 2.87. The van der Waals surface area contributed by atoms with Crippen LogP contribution in [0.1, 0.15) is 77.6 Å². The van der Waals surface area contributed by atoms with Gasteiger partial charge in [-0.1, -0.05) is 64.0 Å². The average molecular weight is 253 g/mol. The molecular weight excluding hydrogens is 218 g/mol. The third kappa shape index (κ3) is 24.6. The second-order valence-electron chi connectivity index (χ2n) is 4.77. The van der Waals surface area contributed by atoms with E-state index in [2.05, 4.69) is 20.1 Å². The van der Waals surface area contributed by atoms with Crippen LogP contribution >= 0.6 is 0 Å². The molecule has 1 nitrogen and oxygen atoms in total. The molecule has 0 aliphatic carbocycles. The molecule has 0 unspecified atom stereocenters. The van der Waals surface area contributed by atoms with Crippen LogP contribution in [0.25, 0.3) is 0 Å². The summed E-state index contributed by atoms with van der Waals surface area (Å²) in [6.07, 6.45) is 18.3. The molecular formula is C17H35N. The Labute approximate surface area is 116 Å². The number of unbranched alkanes of at least 4 members (excludes halogenated alkanes) is 9. The molecule has 0 atom stereocenters. The number of hydrogen-bond donors (Lipinski definition) is 1. The maximum absolute atomic E-state index is 5.39. The van der Waals surface area contributed by atoms with Crippen LogP contribution in [-0.4, -0.2) is 6.54 Å². The number of rotatable bonds is 12. The van der Waals surface area contributed by atoms with Crippen LogP contribution in [0.4, 0.5) is 0 Å². The topological polar surface area (TPSA) is 26.0 Å². The van der Waals surface area contributed by atoms with E-state index in [1.807, 2.05) is 12.2 Å². The molecule has 108 valence electrons. The van der Waals surface area contributed by atoms with Gasteiger partial charge in [0.05, 0.1) is 0 Å². The molecule has 0 aliphatic heterocycles. The molecule has 0 saturated heterocycles. The van der Waals surface area contributed by atoms with Crippen molar-refractivity contribution in [2.75, 3.05) is 6.54 Å². The predicted octanol–water partition coefficient (Wildman–Crippen LogP) is 5.61. The third-order valence-electron chi connectivity index (χ3n) is 2.87. The first kappa shape index (κ1) is 19.8. The summed E-state index contributed by atoms with van der Waals surface area (Å²) in [7, 11) is 0. The van der Waals surface area contributed by atoms with E-state index in [4.69, 9.17) is 5.73 Å². The lowest BCUT2D eigenvalue weighted by atomic mass is 10.1. The predicted molar refractivity (Wildman–Crippen MR) is 85.9 cm³/mol. The fourth-order valence-electron chi connectivity index (χ4n) is 1.68. The van der Waals surface area contributed by atoms with E-state index in [0.29, 0.717) is 0 Å². The first-order valence-corrected chi connectivity index (χ1v) is 7.75. The molecule has 0 heterocycles. The molecule has 0 saturated carbocycles. The molecule has 18 heavy (non-hydrogen) atoms. The Morgan fingerprint density at radius 1 is 0.722 bits per heavy atom. The second kappa shape index (κ2) is 21.7. The smallest absolute Gasteiger partial charge is 0.00773 e. The minimum atomic E-state index is 0.870. The number of allylic oxidation sites excluding steroid dienone is 2. The van der Waals surface area contributed by atoms with Gasteiger partial charge in [0.15, 0.2) is 0 Å². The van der Waals surface area contributed by atoms with Crippen molar-refractivity contribution >= 4 is 0 Å². The first-order valence-electron chi connectivity index (χ1n) is 7.75. The summed E-state index contributed by atoms with van der Waals surface area (Å²) in [5.74, 6) is 0. The van der Waals surface area contributed by atoms with Crippen molar-refractivity contribution in [3.63, 3.8) is 0 Å². The second-order valence-corrected chi connectivity index (χ2v) is 4.77. The first-order chi connectivity index (χ1) is 8.83. The summed E-state index contributed by atoms with van der Waals surface area (Å²) in [5, 5.41) is 0. The zero-order chi connectivity index (χ0) is 13.9. The minimum absolute atomic E-state index is 0.870. The van der Waals surface area contributed by atoms with E-state index >= 15 is 0 Å². The van der Waals surface area contributed by atoms with E-state index in [9.17, 15) is 0 Å². The van der Waals surface area contributed by atoms with Crippen LogP contribution in [0.15, 0.2) is 25.3 Å². The number of hydrogen-bond acceptors (Lipinski definition) is 1. The van der Waals surface area contributed by atoms with Gasteiger partial charge in [0.2, 0.25) is 0 Å². The molecule has 0 aromatic carbocycles. The number of nitrogens with two attached hydrogens (primary N) is 1. The highest BCUT2D eigenvalue weighted by atomic mass is 14.5. The normalized spacial score (nSPS) is 9.44. The minimum Gasteiger partial charge on any atom is -0.330 e. The van der Waals surface area contributed by atoms with Crippen molar-refractivity contribution in [1.29, 1.82) is 0 Å².